The van der Waals surface area contributed by atoms with Crippen LogP contribution >= 0.6 is 0 Å². The van der Waals surface area contributed by atoms with E-state index >= 15 is 0 Å². The highest BCUT2D eigenvalue weighted by atomic mass is 16.5. The maximum Gasteiger partial charge on any atom is 0.416 e. The summed E-state index contributed by atoms with van der Waals surface area (Å²) in [6.45, 7) is 12.1. The van der Waals surface area contributed by atoms with E-state index in [0.29, 0.717) is 34.4 Å². The van der Waals surface area contributed by atoms with E-state index in [0.717, 1.165) is 37.4 Å². The maximum atomic E-state index is 13.9. The van der Waals surface area contributed by atoms with Crippen molar-refractivity contribution in [2.24, 2.45) is 0 Å². The van der Waals surface area contributed by atoms with Crippen LogP contribution in [0, 0.1) is 0 Å². The fraction of sp³-hybridized carbons (Fsp3) is 0.406. The summed E-state index contributed by atoms with van der Waals surface area (Å²) in [5.74, 6) is -0.368. The second kappa shape index (κ2) is 12.0. The Bertz CT molecular complexity index is 1510. The van der Waals surface area contributed by atoms with Crippen molar-refractivity contribution in [1.82, 2.24) is 14.4 Å². The second-order valence-corrected chi connectivity index (χ2v) is 11.5. The van der Waals surface area contributed by atoms with Crippen LogP contribution in [-0.4, -0.2) is 89.5 Å². The minimum Gasteiger partial charge on any atom is -0.492 e. The molecular formula is C32H37N3O7. The Morgan fingerprint density at radius 1 is 1.02 bits per heavy atom. The van der Waals surface area contributed by atoms with E-state index in [1.165, 1.54) is 11.1 Å². The molecule has 2 aromatic carbocycles. The van der Waals surface area contributed by atoms with Gasteiger partial charge in [-0.1, -0.05) is 32.0 Å². The number of morpholine rings is 1. The minimum atomic E-state index is -1.23. The molecule has 222 valence electrons. The first kappa shape index (κ1) is 29.3. The summed E-state index contributed by atoms with van der Waals surface area (Å²) >= 11 is 0. The number of para-hydroxylation sites is 1. The summed E-state index contributed by atoms with van der Waals surface area (Å²) in [7, 11) is 0. The lowest BCUT2D eigenvalue weighted by atomic mass is 9.81. The van der Waals surface area contributed by atoms with E-state index in [-0.39, 0.29) is 23.7 Å². The summed E-state index contributed by atoms with van der Waals surface area (Å²) in [6, 6.07) is 14.1. The van der Waals surface area contributed by atoms with Crippen LogP contribution in [0.4, 0.5) is 4.79 Å². The van der Waals surface area contributed by atoms with Crippen molar-refractivity contribution in [2.45, 2.75) is 39.2 Å². The lowest BCUT2D eigenvalue weighted by molar-refractivity contribution is -0.140. The van der Waals surface area contributed by atoms with Gasteiger partial charge in [0.15, 0.2) is 0 Å². The van der Waals surface area contributed by atoms with Gasteiger partial charge in [-0.05, 0) is 49.7 Å². The van der Waals surface area contributed by atoms with Crippen LogP contribution in [0.1, 0.15) is 49.3 Å². The fourth-order valence-corrected chi connectivity index (χ4v) is 5.68. The molecule has 42 heavy (non-hydrogen) atoms. The van der Waals surface area contributed by atoms with Crippen LogP contribution in [-0.2, 0) is 19.7 Å². The number of ether oxygens (including phenoxy) is 3. The monoisotopic (exact) mass is 575 g/mol. The van der Waals surface area contributed by atoms with E-state index in [1.807, 2.05) is 26.0 Å². The van der Waals surface area contributed by atoms with Gasteiger partial charge >= 0.3 is 12.1 Å². The molecule has 10 nitrogen and oxygen atoms in total. The van der Waals surface area contributed by atoms with Crippen molar-refractivity contribution in [3.8, 4) is 5.75 Å². The predicted octanol–water partition coefficient (Wildman–Crippen LogP) is 4.60. The van der Waals surface area contributed by atoms with E-state index in [1.54, 1.807) is 50.2 Å². The number of hydrogen-bond acceptors (Lipinski definition) is 7. The van der Waals surface area contributed by atoms with Gasteiger partial charge in [-0.15, -0.1) is 0 Å². The third-order valence-electron chi connectivity index (χ3n) is 7.55. The fourth-order valence-electron chi connectivity index (χ4n) is 5.68. The number of esters is 1. The normalized spacial score (nSPS) is 17.0. The average molecular weight is 576 g/mol. The zero-order valence-corrected chi connectivity index (χ0v) is 24.5. The predicted molar refractivity (Wildman–Crippen MR) is 158 cm³/mol. The Morgan fingerprint density at radius 3 is 2.38 bits per heavy atom. The van der Waals surface area contributed by atoms with Gasteiger partial charge in [-0.25, -0.2) is 14.2 Å². The molecule has 3 heterocycles. The highest BCUT2D eigenvalue weighted by molar-refractivity contribution is 6.20. The third kappa shape index (κ3) is 5.91. The van der Waals surface area contributed by atoms with Gasteiger partial charge < -0.3 is 24.2 Å². The van der Waals surface area contributed by atoms with Crippen LogP contribution < -0.4 is 4.74 Å². The van der Waals surface area contributed by atoms with Gasteiger partial charge in [-0.2, -0.15) is 0 Å². The standard InChI is InChI=1S/C32H37N3O7/c1-21(2)42-30(37)25-19-34(20-32(3,4)27-24-7-5-6-8-26(24)35(28(25)27)31(38)39)29(36)22-9-11-23(12-10-22)41-18-15-33-13-16-40-17-14-33/h5-12,19,21H,13-18,20H2,1-4H3,(H,38,39). The molecular weight excluding hydrogens is 538 g/mol. The van der Waals surface area contributed by atoms with Gasteiger partial charge in [0.1, 0.15) is 17.9 Å². The zero-order chi connectivity index (χ0) is 30.0. The molecule has 0 unspecified atom stereocenters. The Hall–Kier alpha value is -4.15. The third-order valence-corrected chi connectivity index (χ3v) is 7.55. The SMILES string of the molecule is CC(C)OC(=O)C1=CN(C(=O)c2ccc(OCCN3CCOCC3)cc2)CC(C)(C)c2c1n(C(=O)O)c1ccccc21. The largest absolute Gasteiger partial charge is 0.492 e. The molecule has 1 saturated heterocycles. The number of benzene rings is 2. The summed E-state index contributed by atoms with van der Waals surface area (Å²) in [6.07, 6.45) is -0.234. The van der Waals surface area contributed by atoms with Gasteiger partial charge in [0.2, 0.25) is 0 Å². The highest BCUT2D eigenvalue weighted by Crippen LogP contribution is 2.42. The molecule has 1 amide bonds. The summed E-state index contributed by atoms with van der Waals surface area (Å²) in [5.41, 5.74) is 1.07. The van der Waals surface area contributed by atoms with Crippen LogP contribution in [0.2, 0.25) is 0 Å². The average Bonchev–Trinajstić information content (AvgIpc) is 3.25. The van der Waals surface area contributed by atoms with Crippen molar-refractivity contribution in [3.05, 3.63) is 71.6 Å². The Labute approximate surface area is 245 Å². The summed E-state index contributed by atoms with van der Waals surface area (Å²) in [4.78, 5) is 43.7. The maximum absolute atomic E-state index is 13.9. The highest BCUT2D eigenvalue weighted by Gasteiger charge is 2.40. The first-order valence-corrected chi connectivity index (χ1v) is 14.2. The molecule has 0 saturated carbocycles. The van der Waals surface area contributed by atoms with E-state index in [4.69, 9.17) is 14.2 Å². The second-order valence-electron chi connectivity index (χ2n) is 11.5. The van der Waals surface area contributed by atoms with Gasteiger partial charge in [0.05, 0.1) is 30.5 Å². The Kier molecular flexibility index (Phi) is 8.38. The first-order valence-electron chi connectivity index (χ1n) is 14.2. The van der Waals surface area contributed by atoms with E-state index in [2.05, 4.69) is 4.90 Å². The van der Waals surface area contributed by atoms with E-state index < -0.39 is 23.6 Å². The number of fused-ring (bicyclic) bond motifs is 3. The molecule has 2 aliphatic rings. The first-order chi connectivity index (χ1) is 20.1. The number of nitrogens with zero attached hydrogens (tertiary/aromatic N) is 3. The van der Waals surface area contributed by atoms with E-state index in [9.17, 15) is 19.5 Å². The van der Waals surface area contributed by atoms with Crippen molar-refractivity contribution < 1.29 is 33.7 Å². The molecule has 1 N–H and O–H groups in total. The van der Waals surface area contributed by atoms with Crippen molar-refractivity contribution in [3.63, 3.8) is 0 Å². The zero-order valence-electron chi connectivity index (χ0n) is 24.5. The number of carbonyl (C=O) groups excluding carboxylic acids is 2. The van der Waals surface area contributed by atoms with Gasteiger partial charge in [-0.3, -0.25) is 9.69 Å². The molecule has 0 aliphatic carbocycles. The molecule has 0 atom stereocenters. The van der Waals surface area contributed by atoms with Crippen LogP contribution in [0.3, 0.4) is 0 Å². The smallest absolute Gasteiger partial charge is 0.416 e. The van der Waals surface area contributed by atoms with Crippen molar-refractivity contribution >= 4 is 34.4 Å². The molecule has 10 heteroatoms. The molecule has 3 aromatic rings. The number of carboxylic acid groups (broad SMARTS) is 1. The molecule has 0 spiro atoms. The molecule has 1 aromatic heterocycles. The van der Waals surface area contributed by atoms with Crippen molar-refractivity contribution in [1.29, 1.82) is 0 Å². The lowest BCUT2D eigenvalue weighted by Gasteiger charge is -2.29. The summed E-state index contributed by atoms with van der Waals surface area (Å²) < 4.78 is 18.0. The van der Waals surface area contributed by atoms with Crippen molar-refractivity contribution in [2.75, 3.05) is 46.0 Å². The number of hydrogen-bond donors (Lipinski definition) is 1. The van der Waals surface area contributed by atoms with Gasteiger partial charge in [0, 0.05) is 48.7 Å². The van der Waals surface area contributed by atoms with Gasteiger partial charge in [0.25, 0.3) is 5.91 Å². The number of aromatic nitrogens is 1. The molecule has 2 aliphatic heterocycles. The van der Waals surface area contributed by atoms with Crippen LogP contribution in [0.15, 0.2) is 54.7 Å². The molecule has 0 radical (unpaired) electrons. The topological polar surface area (TPSA) is 111 Å². The number of amides is 1. The minimum absolute atomic E-state index is 0.0132. The Morgan fingerprint density at radius 2 is 1.71 bits per heavy atom. The quantitative estimate of drug-likeness (QED) is 0.407. The van der Waals surface area contributed by atoms with Crippen LogP contribution in [0.25, 0.3) is 16.5 Å². The van der Waals surface area contributed by atoms with Crippen LogP contribution in [0.5, 0.6) is 5.75 Å². The number of rotatable bonds is 7. The Balaban J connectivity index is 1.47. The molecule has 1 fully saturated rings. The lowest BCUT2D eigenvalue weighted by Crippen LogP contribution is -2.38. The molecule has 5 rings (SSSR count). The summed E-state index contributed by atoms with van der Waals surface area (Å²) in [5, 5.41) is 11.0. The number of carbonyl (C=O) groups is 3. The molecule has 0 bridgehead atoms.